The molecule has 0 saturated carbocycles. The Morgan fingerprint density at radius 3 is 3.05 bits per heavy atom. The first-order chi connectivity index (χ1) is 9.81. The molecule has 4 heteroatoms. The van der Waals surface area contributed by atoms with Crippen molar-refractivity contribution in [2.45, 2.75) is 12.8 Å². The Hall–Kier alpha value is -1.83. The minimum Gasteiger partial charge on any atom is -0.381 e. The van der Waals surface area contributed by atoms with Gasteiger partial charge in [0.1, 0.15) is 0 Å². The number of carbonyl (C=O) groups is 1. The predicted molar refractivity (Wildman–Crippen MR) is 78.3 cm³/mol. The van der Waals surface area contributed by atoms with Crippen LogP contribution in [0, 0.1) is 17.8 Å². The normalized spacial score (nSPS) is 17.4. The van der Waals surface area contributed by atoms with Crippen molar-refractivity contribution < 1.29 is 9.53 Å². The monoisotopic (exact) mass is 272 g/mol. The molecule has 4 nitrogen and oxygen atoms in total. The van der Waals surface area contributed by atoms with Crippen LogP contribution in [0.5, 0.6) is 0 Å². The van der Waals surface area contributed by atoms with Gasteiger partial charge in [-0.1, -0.05) is 24.0 Å². The molecule has 0 aromatic heterocycles. The van der Waals surface area contributed by atoms with Crippen LogP contribution in [0.15, 0.2) is 24.3 Å². The number of rotatable bonds is 4. The Morgan fingerprint density at radius 2 is 2.30 bits per heavy atom. The maximum Gasteiger partial charge on any atom is 0.252 e. The summed E-state index contributed by atoms with van der Waals surface area (Å²) in [5.74, 6) is 6.21. The molecule has 1 fully saturated rings. The maximum atomic E-state index is 12.2. The van der Waals surface area contributed by atoms with Crippen molar-refractivity contribution in [3.63, 3.8) is 0 Å². The fourth-order valence-electron chi connectivity index (χ4n) is 2.23. The molecule has 1 heterocycles. The second-order valence-electron chi connectivity index (χ2n) is 4.83. The summed E-state index contributed by atoms with van der Waals surface area (Å²) < 4.78 is 5.32. The highest BCUT2D eigenvalue weighted by molar-refractivity contribution is 5.96. The van der Waals surface area contributed by atoms with Gasteiger partial charge in [0.25, 0.3) is 5.91 Å². The summed E-state index contributed by atoms with van der Waals surface area (Å²) in [6.45, 7) is 2.62. The number of hydrogen-bond acceptors (Lipinski definition) is 3. The Bertz CT molecular complexity index is 511. The van der Waals surface area contributed by atoms with E-state index in [2.05, 4.69) is 17.2 Å². The Balaban J connectivity index is 1.91. The molecular formula is C16H20N2O2. The van der Waals surface area contributed by atoms with Gasteiger partial charge < -0.3 is 15.8 Å². The Morgan fingerprint density at radius 1 is 1.45 bits per heavy atom. The minimum absolute atomic E-state index is 0.0779. The molecular weight excluding hydrogens is 252 g/mol. The number of benzene rings is 1. The van der Waals surface area contributed by atoms with Crippen molar-refractivity contribution in [3.8, 4) is 11.8 Å². The third-order valence-corrected chi connectivity index (χ3v) is 3.36. The number of amides is 1. The topological polar surface area (TPSA) is 64.4 Å². The van der Waals surface area contributed by atoms with Crippen LogP contribution in [-0.4, -0.2) is 32.2 Å². The highest BCUT2D eigenvalue weighted by Gasteiger charge is 2.16. The zero-order chi connectivity index (χ0) is 14.2. The fourth-order valence-corrected chi connectivity index (χ4v) is 2.23. The average Bonchev–Trinajstić information content (AvgIpc) is 2.98. The third kappa shape index (κ3) is 4.09. The maximum absolute atomic E-state index is 12.2. The standard InChI is InChI=1S/C16H20N2O2/c17-9-3-5-14-4-1-2-6-15(14)16(19)18-10-7-13-8-11-20-12-13/h1-2,4,6,13H,7-12,17H2,(H,18,19). The van der Waals surface area contributed by atoms with Crippen LogP contribution in [0.25, 0.3) is 0 Å². The molecule has 3 N–H and O–H groups in total. The molecule has 106 valence electrons. The lowest BCUT2D eigenvalue weighted by atomic mass is 10.0. The first kappa shape index (κ1) is 14.6. The molecule has 1 unspecified atom stereocenters. The molecule has 1 aliphatic rings. The number of nitrogens with two attached hydrogens (primary N) is 1. The molecule has 1 atom stereocenters. The van der Waals surface area contributed by atoms with E-state index < -0.39 is 0 Å². The van der Waals surface area contributed by atoms with Gasteiger partial charge in [0.05, 0.1) is 12.1 Å². The summed E-state index contributed by atoms with van der Waals surface area (Å²) in [7, 11) is 0. The molecule has 0 aliphatic carbocycles. The van der Waals surface area contributed by atoms with Gasteiger partial charge in [0.15, 0.2) is 0 Å². The van der Waals surface area contributed by atoms with Gasteiger partial charge in [-0.05, 0) is 30.9 Å². The second-order valence-corrected chi connectivity index (χ2v) is 4.83. The average molecular weight is 272 g/mol. The van der Waals surface area contributed by atoms with Gasteiger partial charge in [0, 0.05) is 25.3 Å². The molecule has 0 spiro atoms. The largest absolute Gasteiger partial charge is 0.381 e. The number of nitrogens with one attached hydrogen (secondary N) is 1. The molecule has 1 aromatic carbocycles. The van der Waals surface area contributed by atoms with Crippen LogP contribution in [0.1, 0.15) is 28.8 Å². The van der Waals surface area contributed by atoms with Crippen molar-refractivity contribution in [2.24, 2.45) is 11.7 Å². The number of hydrogen-bond donors (Lipinski definition) is 2. The molecule has 0 bridgehead atoms. The smallest absolute Gasteiger partial charge is 0.252 e. The van der Waals surface area contributed by atoms with Crippen LogP contribution in [-0.2, 0) is 4.74 Å². The number of ether oxygens (including phenoxy) is 1. The van der Waals surface area contributed by atoms with Crippen LogP contribution < -0.4 is 11.1 Å². The molecule has 1 aromatic rings. The highest BCUT2D eigenvalue weighted by atomic mass is 16.5. The van der Waals surface area contributed by atoms with E-state index in [1.165, 1.54) is 0 Å². The lowest BCUT2D eigenvalue weighted by molar-refractivity contribution is 0.0950. The minimum atomic E-state index is -0.0779. The lowest BCUT2D eigenvalue weighted by Gasteiger charge is -2.09. The van der Waals surface area contributed by atoms with Gasteiger partial charge in [-0.2, -0.15) is 0 Å². The van der Waals surface area contributed by atoms with Gasteiger partial charge in [-0.15, -0.1) is 0 Å². The van der Waals surface area contributed by atoms with Crippen molar-refractivity contribution in [3.05, 3.63) is 35.4 Å². The fraction of sp³-hybridized carbons (Fsp3) is 0.438. The molecule has 1 aliphatic heterocycles. The summed E-state index contributed by atoms with van der Waals surface area (Å²) >= 11 is 0. The molecule has 2 rings (SSSR count). The Kier molecular flexibility index (Phi) is 5.60. The van der Waals surface area contributed by atoms with E-state index in [0.717, 1.165) is 31.6 Å². The van der Waals surface area contributed by atoms with Crippen LogP contribution >= 0.6 is 0 Å². The third-order valence-electron chi connectivity index (χ3n) is 3.36. The second kappa shape index (κ2) is 7.68. The SMILES string of the molecule is NCC#Cc1ccccc1C(=O)NCCC1CCOC1. The van der Waals surface area contributed by atoms with Crippen LogP contribution in [0.4, 0.5) is 0 Å². The predicted octanol–water partition coefficient (Wildman–Crippen LogP) is 1.15. The first-order valence-corrected chi connectivity index (χ1v) is 6.95. The van der Waals surface area contributed by atoms with Crippen molar-refractivity contribution in [1.82, 2.24) is 5.32 Å². The van der Waals surface area contributed by atoms with Crippen molar-refractivity contribution in [2.75, 3.05) is 26.3 Å². The first-order valence-electron chi connectivity index (χ1n) is 6.95. The molecule has 1 saturated heterocycles. The van der Waals surface area contributed by atoms with Gasteiger partial charge in [-0.3, -0.25) is 4.79 Å². The molecule has 1 amide bonds. The summed E-state index contributed by atoms with van der Waals surface area (Å²) in [5, 5.41) is 2.95. The van der Waals surface area contributed by atoms with Crippen molar-refractivity contribution in [1.29, 1.82) is 0 Å². The quantitative estimate of drug-likeness (QED) is 0.808. The van der Waals surface area contributed by atoms with Gasteiger partial charge in [0.2, 0.25) is 0 Å². The van der Waals surface area contributed by atoms with E-state index in [1.807, 2.05) is 18.2 Å². The van der Waals surface area contributed by atoms with E-state index >= 15 is 0 Å². The van der Waals surface area contributed by atoms with Gasteiger partial charge in [-0.25, -0.2) is 0 Å². The highest BCUT2D eigenvalue weighted by Crippen LogP contribution is 2.15. The summed E-state index contributed by atoms with van der Waals surface area (Å²) in [5.41, 5.74) is 6.70. The Labute approximate surface area is 119 Å². The number of carbonyl (C=O) groups excluding carboxylic acids is 1. The van der Waals surface area contributed by atoms with E-state index in [9.17, 15) is 4.79 Å². The summed E-state index contributed by atoms with van der Waals surface area (Å²) in [6.07, 6.45) is 2.05. The van der Waals surface area contributed by atoms with E-state index in [4.69, 9.17) is 10.5 Å². The summed E-state index contributed by atoms with van der Waals surface area (Å²) in [4.78, 5) is 12.2. The van der Waals surface area contributed by atoms with E-state index in [-0.39, 0.29) is 12.5 Å². The molecule has 0 radical (unpaired) electrons. The molecule has 20 heavy (non-hydrogen) atoms. The van der Waals surface area contributed by atoms with Crippen molar-refractivity contribution >= 4 is 5.91 Å². The zero-order valence-corrected chi connectivity index (χ0v) is 11.5. The lowest BCUT2D eigenvalue weighted by Crippen LogP contribution is -2.26. The zero-order valence-electron chi connectivity index (χ0n) is 11.5. The van der Waals surface area contributed by atoms with Crippen LogP contribution in [0.2, 0.25) is 0 Å². The summed E-state index contributed by atoms with van der Waals surface area (Å²) in [6, 6.07) is 7.33. The van der Waals surface area contributed by atoms with E-state index in [1.54, 1.807) is 6.07 Å². The van der Waals surface area contributed by atoms with Gasteiger partial charge >= 0.3 is 0 Å². The van der Waals surface area contributed by atoms with E-state index in [0.29, 0.717) is 18.0 Å². The van der Waals surface area contributed by atoms with Crippen LogP contribution in [0.3, 0.4) is 0 Å².